The Morgan fingerprint density at radius 2 is 2.27 bits per heavy atom. The maximum Gasteiger partial charge on any atom is 0.0798 e. The highest BCUT2D eigenvalue weighted by atomic mass is 35.5. The molecule has 1 atom stereocenters. The quantitative estimate of drug-likeness (QED) is 0.708. The maximum absolute atomic E-state index is 6.33. The molecule has 0 amide bonds. The highest BCUT2D eigenvalue weighted by Crippen LogP contribution is 2.51. The van der Waals surface area contributed by atoms with Crippen LogP contribution in [0.5, 0.6) is 0 Å². The molecule has 1 aromatic rings. The van der Waals surface area contributed by atoms with E-state index >= 15 is 0 Å². The molecule has 3 rings (SSSR count). The van der Waals surface area contributed by atoms with E-state index in [0.717, 1.165) is 38.0 Å². The zero-order chi connectivity index (χ0) is 10.5. The van der Waals surface area contributed by atoms with Gasteiger partial charge in [0.1, 0.15) is 0 Å². The average molecular weight is 244 g/mol. The van der Waals surface area contributed by atoms with Crippen LogP contribution in [0, 0.1) is 5.41 Å². The first-order valence-electron chi connectivity index (χ1n) is 5.30. The van der Waals surface area contributed by atoms with Crippen LogP contribution in [0.25, 0.3) is 0 Å². The SMILES string of the molecule is NC1c2ncsc2CC12CCN(Cl)CC2. The number of piperidine rings is 1. The molecule has 0 bridgehead atoms. The van der Waals surface area contributed by atoms with Gasteiger partial charge in [0.2, 0.25) is 0 Å². The minimum absolute atomic E-state index is 0.129. The van der Waals surface area contributed by atoms with Crippen LogP contribution in [0.2, 0.25) is 0 Å². The van der Waals surface area contributed by atoms with Crippen molar-refractivity contribution < 1.29 is 0 Å². The number of nitrogens with two attached hydrogens (primary N) is 1. The number of halogens is 1. The molecule has 1 fully saturated rings. The summed E-state index contributed by atoms with van der Waals surface area (Å²) in [5, 5.41) is 0. The van der Waals surface area contributed by atoms with E-state index < -0.39 is 0 Å². The van der Waals surface area contributed by atoms with Gasteiger partial charge >= 0.3 is 0 Å². The van der Waals surface area contributed by atoms with E-state index in [2.05, 4.69) is 4.98 Å². The minimum atomic E-state index is 0.129. The van der Waals surface area contributed by atoms with Crippen molar-refractivity contribution in [3.05, 3.63) is 16.1 Å². The first-order valence-corrected chi connectivity index (χ1v) is 6.52. The number of hydrogen-bond acceptors (Lipinski definition) is 4. The number of fused-ring (bicyclic) bond motifs is 1. The van der Waals surface area contributed by atoms with Crippen LogP contribution in [0.15, 0.2) is 5.51 Å². The summed E-state index contributed by atoms with van der Waals surface area (Å²) in [4.78, 5) is 5.79. The van der Waals surface area contributed by atoms with Gasteiger partial charge in [-0.2, -0.15) is 0 Å². The van der Waals surface area contributed by atoms with Gasteiger partial charge in [-0.1, -0.05) is 0 Å². The fourth-order valence-electron chi connectivity index (χ4n) is 2.80. The summed E-state index contributed by atoms with van der Waals surface area (Å²) in [6.07, 6.45) is 3.31. The van der Waals surface area contributed by atoms with Gasteiger partial charge in [-0.25, -0.2) is 9.40 Å². The Morgan fingerprint density at radius 1 is 1.53 bits per heavy atom. The van der Waals surface area contributed by atoms with Crippen LogP contribution in [-0.4, -0.2) is 22.5 Å². The first kappa shape index (κ1) is 10.0. The first-order chi connectivity index (χ1) is 7.21. The van der Waals surface area contributed by atoms with Crippen LogP contribution in [0.3, 0.4) is 0 Å². The van der Waals surface area contributed by atoms with Crippen LogP contribution in [0.1, 0.15) is 29.5 Å². The predicted octanol–water partition coefficient (Wildman–Crippen LogP) is 1.94. The lowest BCUT2D eigenvalue weighted by molar-refractivity contribution is 0.134. The average Bonchev–Trinajstić information content (AvgIpc) is 2.76. The Labute approximate surface area is 98.3 Å². The molecule has 0 radical (unpaired) electrons. The fourth-order valence-corrected chi connectivity index (χ4v) is 3.93. The molecule has 0 aromatic carbocycles. The third-order valence-corrected chi connectivity index (χ3v) is 5.03. The minimum Gasteiger partial charge on any atom is -0.322 e. The molecule has 82 valence electrons. The zero-order valence-corrected chi connectivity index (χ0v) is 10.0. The second-order valence-electron chi connectivity index (χ2n) is 4.59. The van der Waals surface area contributed by atoms with E-state index in [9.17, 15) is 0 Å². The number of aromatic nitrogens is 1. The fraction of sp³-hybridized carbons (Fsp3) is 0.700. The molecule has 15 heavy (non-hydrogen) atoms. The van der Waals surface area contributed by atoms with E-state index in [4.69, 9.17) is 17.5 Å². The normalized spacial score (nSPS) is 29.6. The van der Waals surface area contributed by atoms with Crippen molar-refractivity contribution in [3.63, 3.8) is 0 Å². The molecule has 1 aliphatic carbocycles. The summed E-state index contributed by atoms with van der Waals surface area (Å²) in [5.41, 5.74) is 9.63. The summed E-state index contributed by atoms with van der Waals surface area (Å²) < 4.78 is 1.87. The number of nitrogens with zero attached hydrogens (tertiary/aromatic N) is 2. The van der Waals surface area contributed by atoms with Gasteiger partial charge in [0.05, 0.1) is 17.2 Å². The van der Waals surface area contributed by atoms with Crippen molar-refractivity contribution in [2.45, 2.75) is 25.3 Å². The van der Waals surface area contributed by atoms with Crippen LogP contribution < -0.4 is 5.73 Å². The molecule has 2 N–H and O–H groups in total. The molecule has 2 aliphatic rings. The van der Waals surface area contributed by atoms with Gasteiger partial charge in [0.15, 0.2) is 0 Å². The third-order valence-electron chi connectivity index (χ3n) is 3.84. The van der Waals surface area contributed by atoms with E-state index in [-0.39, 0.29) is 11.5 Å². The Balaban J connectivity index is 1.88. The number of rotatable bonds is 0. The lowest BCUT2D eigenvalue weighted by Crippen LogP contribution is -2.41. The summed E-state index contributed by atoms with van der Waals surface area (Å²) in [6.45, 7) is 1.90. The Bertz CT molecular complexity index is 370. The van der Waals surface area contributed by atoms with E-state index in [1.807, 2.05) is 9.93 Å². The molecule has 2 heterocycles. The Morgan fingerprint density at radius 3 is 2.93 bits per heavy atom. The molecule has 0 saturated carbocycles. The van der Waals surface area contributed by atoms with Gasteiger partial charge in [-0.15, -0.1) is 11.3 Å². The highest BCUT2D eigenvalue weighted by Gasteiger charge is 2.47. The third kappa shape index (κ3) is 1.43. The topological polar surface area (TPSA) is 42.1 Å². The molecular formula is C10H14ClN3S. The van der Waals surface area contributed by atoms with Gasteiger partial charge in [0, 0.05) is 18.0 Å². The summed E-state index contributed by atoms with van der Waals surface area (Å²) in [5.74, 6) is 0. The lowest BCUT2D eigenvalue weighted by atomic mass is 9.74. The summed E-state index contributed by atoms with van der Waals surface area (Å²) >= 11 is 7.74. The highest BCUT2D eigenvalue weighted by molar-refractivity contribution is 7.09. The van der Waals surface area contributed by atoms with Crippen molar-refractivity contribution in [2.75, 3.05) is 13.1 Å². The monoisotopic (exact) mass is 243 g/mol. The van der Waals surface area contributed by atoms with Gasteiger partial charge in [0.25, 0.3) is 0 Å². The molecule has 3 nitrogen and oxygen atoms in total. The summed E-state index contributed by atoms with van der Waals surface area (Å²) in [6, 6.07) is 0.129. The largest absolute Gasteiger partial charge is 0.322 e. The molecule has 1 spiro atoms. The maximum atomic E-state index is 6.33. The van der Waals surface area contributed by atoms with E-state index in [1.165, 1.54) is 4.88 Å². The van der Waals surface area contributed by atoms with Crippen molar-refractivity contribution in [2.24, 2.45) is 11.1 Å². The number of thiazole rings is 1. The van der Waals surface area contributed by atoms with Gasteiger partial charge in [-0.3, -0.25) is 0 Å². The molecule has 1 unspecified atom stereocenters. The standard InChI is InChI=1S/C10H14ClN3S/c11-14-3-1-10(2-4-14)5-7-8(9(10)12)13-6-15-7/h6,9H,1-5,12H2. The zero-order valence-electron chi connectivity index (χ0n) is 8.45. The van der Waals surface area contributed by atoms with Crippen LogP contribution in [-0.2, 0) is 6.42 Å². The van der Waals surface area contributed by atoms with E-state index in [1.54, 1.807) is 11.3 Å². The number of hydrogen-bond donors (Lipinski definition) is 1. The van der Waals surface area contributed by atoms with Crippen molar-refractivity contribution in [3.8, 4) is 0 Å². The molecule has 1 saturated heterocycles. The van der Waals surface area contributed by atoms with Gasteiger partial charge < -0.3 is 5.73 Å². The van der Waals surface area contributed by atoms with Crippen molar-refractivity contribution >= 4 is 23.1 Å². The Kier molecular flexibility index (Phi) is 2.28. The molecule has 1 aromatic heterocycles. The van der Waals surface area contributed by atoms with Crippen molar-refractivity contribution in [1.82, 2.24) is 9.40 Å². The van der Waals surface area contributed by atoms with E-state index in [0.29, 0.717) is 0 Å². The van der Waals surface area contributed by atoms with Gasteiger partial charge in [-0.05, 0) is 36.5 Å². The Hall–Kier alpha value is -0.160. The predicted molar refractivity (Wildman–Crippen MR) is 61.8 cm³/mol. The smallest absolute Gasteiger partial charge is 0.0798 e. The second kappa shape index (κ2) is 3.42. The van der Waals surface area contributed by atoms with Crippen LogP contribution in [0.4, 0.5) is 0 Å². The lowest BCUT2D eigenvalue weighted by Gasteiger charge is -2.39. The molecule has 1 aliphatic heterocycles. The van der Waals surface area contributed by atoms with Crippen LogP contribution >= 0.6 is 23.1 Å². The second-order valence-corrected chi connectivity index (χ2v) is 6.00. The molecular weight excluding hydrogens is 230 g/mol. The summed E-state index contributed by atoms with van der Waals surface area (Å²) in [7, 11) is 0. The molecule has 5 heteroatoms. The van der Waals surface area contributed by atoms with Crippen molar-refractivity contribution in [1.29, 1.82) is 0 Å².